The predicted molar refractivity (Wildman–Crippen MR) is 46.9 cm³/mol. The summed E-state index contributed by atoms with van der Waals surface area (Å²) in [5, 5.41) is 9.06. The highest BCUT2D eigenvalue weighted by Gasteiger charge is 2.02. The van der Waals surface area contributed by atoms with Crippen molar-refractivity contribution in [2.75, 3.05) is 0 Å². The van der Waals surface area contributed by atoms with E-state index in [9.17, 15) is 0 Å². The van der Waals surface area contributed by atoms with Gasteiger partial charge >= 0.3 is 0 Å². The van der Waals surface area contributed by atoms with Crippen LogP contribution in [0.25, 0.3) is 0 Å². The third kappa shape index (κ3) is 2.52. The zero-order chi connectivity index (χ0) is 8.27. The summed E-state index contributed by atoms with van der Waals surface area (Å²) >= 11 is 4.20. The molecule has 2 nitrogen and oxygen atoms in total. The highest BCUT2D eigenvalue weighted by atomic mass is 32.1. The summed E-state index contributed by atoms with van der Waals surface area (Å²) in [6.07, 6.45) is 1.92. The smallest absolute Gasteiger partial charge is 0.0567 e. The zero-order valence-corrected chi connectivity index (χ0v) is 7.25. The summed E-state index contributed by atoms with van der Waals surface area (Å²) in [6.45, 7) is 1.74. The molecule has 0 fully saturated rings. The van der Waals surface area contributed by atoms with Gasteiger partial charge in [0.1, 0.15) is 0 Å². The van der Waals surface area contributed by atoms with Crippen molar-refractivity contribution in [2.24, 2.45) is 0 Å². The van der Waals surface area contributed by atoms with Crippen molar-refractivity contribution >= 4 is 12.6 Å². The number of pyridine rings is 1. The van der Waals surface area contributed by atoms with Crippen LogP contribution in [0.1, 0.15) is 12.6 Å². The molecule has 0 radical (unpaired) electrons. The number of hydrogen-bond acceptors (Lipinski definition) is 3. The van der Waals surface area contributed by atoms with Crippen LogP contribution in [0, 0.1) is 0 Å². The first-order valence-electron chi connectivity index (χ1n) is 3.51. The van der Waals surface area contributed by atoms with Gasteiger partial charge in [-0.3, -0.25) is 4.98 Å². The van der Waals surface area contributed by atoms with Crippen molar-refractivity contribution in [3.63, 3.8) is 0 Å². The monoisotopic (exact) mass is 169 g/mol. The van der Waals surface area contributed by atoms with Crippen LogP contribution in [0.3, 0.4) is 0 Å². The Morgan fingerprint density at radius 1 is 1.73 bits per heavy atom. The molecule has 0 spiro atoms. The molecule has 0 aliphatic heterocycles. The average molecular weight is 169 g/mol. The normalized spacial score (nSPS) is 13.0. The molecule has 0 saturated heterocycles. The van der Waals surface area contributed by atoms with Crippen molar-refractivity contribution < 1.29 is 5.11 Å². The lowest BCUT2D eigenvalue weighted by atomic mass is 10.2. The third-order valence-corrected chi connectivity index (χ3v) is 1.76. The number of nitrogens with zero attached hydrogens (tertiary/aromatic N) is 1. The summed E-state index contributed by atoms with van der Waals surface area (Å²) in [6, 6.07) is 3.70. The van der Waals surface area contributed by atoms with E-state index < -0.39 is 0 Å². The van der Waals surface area contributed by atoms with Gasteiger partial charge in [-0.1, -0.05) is 0 Å². The molecule has 3 heteroatoms. The van der Waals surface area contributed by atoms with Gasteiger partial charge in [-0.15, -0.1) is 12.6 Å². The van der Waals surface area contributed by atoms with Crippen LogP contribution in [-0.4, -0.2) is 16.2 Å². The van der Waals surface area contributed by atoms with Gasteiger partial charge in [0.25, 0.3) is 0 Å². The summed E-state index contributed by atoms with van der Waals surface area (Å²) < 4.78 is 0. The summed E-state index contributed by atoms with van der Waals surface area (Å²) in [4.78, 5) is 4.92. The molecule has 1 rings (SSSR count). The molecule has 1 heterocycles. The minimum atomic E-state index is -0.351. The Bertz CT molecular complexity index is 237. The summed E-state index contributed by atoms with van der Waals surface area (Å²) in [5.41, 5.74) is 0.853. The maximum absolute atomic E-state index is 9.06. The molecule has 0 amide bonds. The van der Waals surface area contributed by atoms with Gasteiger partial charge in [0, 0.05) is 17.5 Å². The first kappa shape index (κ1) is 8.56. The third-order valence-electron chi connectivity index (χ3n) is 1.35. The van der Waals surface area contributed by atoms with Gasteiger partial charge in [-0.05, 0) is 19.1 Å². The number of thiol groups is 1. The molecule has 1 atom stereocenters. The molecular formula is C8H11NOS. The Kier molecular flexibility index (Phi) is 2.91. The van der Waals surface area contributed by atoms with Crippen molar-refractivity contribution in [3.05, 3.63) is 24.0 Å². The molecule has 0 bridgehead atoms. The van der Waals surface area contributed by atoms with E-state index in [-0.39, 0.29) is 6.10 Å². The number of aromatic nitrogens is 1. The van der Waals surface area contributed by atoms with E-state index in [4.69, 9.17) is 5.11 Å². The molecule has 1 N–H and O–H groups in total. The predicted octanol–water partition coefficient (Wildman–Crippen LogP) is 1.29. The van der Waals surface area contributed by atoms with E-state index in [1.165, 1.54) is 0 Å². The summed E-state index contributed by atoms with van der Waals surface area (Å²) in [7, 11) is 0. The van der Waals surface area contributed by atoms with Gasteiger partial charge in [0.15, 0.2) is 0 Å². The van der Waals surface area contributed by atoms with Crippen molar-refractivity contribution in [3.8, 4) is 0 Å². The quantitative estimate of drug-likeness (QED) is 0.654. The fourth-order valence-corrected chi connectivity index (χ4v) is 1.10. The van der Waals surface area contributed by atoms with Crippen LogP contribution >= 0.6 is 12.6 Å². The molecule has 1 aromatic rings. The lowest BCUT2D eigenvalue weighted by Crippen LogP contribution is -2.06. The number of hydrogen-bond donors (Lipinski definition) is 2. The molecule has 1 unspecified atom stereocenters. The Balaban J connectivity index is 2.78. The maximum atomic E-state index is 9.06. The minimum Gasteiger partial charge on any atom is -0.393 e. The summed E-state index contributed by atoms with van der Waals surface area (Å²) in [5.74, 6) is 0. The average Bonchev–Trinajstić information content (AvgIpc) is 1.93. The Labute approximate surface area is 71.7 Å². The zero-order valence-electron chi connectivity index (χ0n) is 6.36. The first-order chi connectivity index (χ1) is 5.20. The fourth-order valence-electron chi connectivity index (χ4n) is 0.867. The topological polar surface area (TPSA) is 33.1 Å². The van der Waals surface area contributed by atoms with E-state index in [2.05, 4.69) is 17.6 Å². The molecular weight excluding hydrogens is 158 g/mol. The minimum absolute atomic E-state index is 0.351. The van der Waals surface area contributed by atoms with E-state index in [1.54, 1.807) is 13.1 Å². The van der Waals surface area contributed by atoms with Crippen LogP contribution in [0.4, 0.5) is 0 Å². The van der Waals surface area contributed by atoms with Crippen LogP contribution in [-0.2, 0) is 6.42 Å². The van der Waals surface area contributed by atoms with Crippen molar-refractivity contribution in [1.29, 1.82) is 0 Å². The highest BCUT2D eigenvalue weighted by Crippen LogP contribution is 2.11. The molecule has 1 aromatic heterocycles. The van der Waals surface area contributed by atoms with E-state index in [0.29, 0.717) is 6.42 Å². The number of aliphatic hydroxyl groups is 1. The largest absolute Gasteiger partial charge is 0.393 e. The van der Waals surface area contributed by atoms with Crippen LogP contribution in [0.15, 0.2) is 23.2 Å². The molecule has 0 aromatic carbocycles. The van der Waals surface area contributed by atoms with Gasteiger partial charge in [0.2, 0.25) is 0 Å². The standard InChI is InChI=1S/C8H11NOS/c1-6(10)5-7-8(11)3-2-4-9-7/h2-4,6,10-11H,5H2,1H3. The Morgan fingerprint density at radius 3 is 3.00 bits per heavy atom. The van der Waals surface area contributed by atoms with Gasteiger partial charge < -0.3 is 5.11 Å². The maximum Gasteiger partial charge on any atom is 0.0567 e. The van der Waals surface area contributed by atoms with Gasteiger partial charge in [-0.2, -0.15) is 0 Å². The Morgan fingerprint density at radius 2 is 2.45 bits per heavy atom. The molecule has 0 saturated carbocycles. The SMILES string of the molecule is CC(O)Cc1ncccc1S. The molecule has 60 valence electrons. The molecule has 0 aliphatic carbocycles. The number of rotatable bonds is 2. The number of aliphatic hydroxyl groups excluding tert-OH is 1. The molecule has 11 heavy (non-hydrogen) atoms. The van der Waals surface area contributed by atoms with Crippen molar-refractivity contribution in [2.45, 2.75) is 24.3 Å². The van der Waals surface area contributed by atoms with Gasteiger partial charge in [0.05, 0.1) is 11.8 Å². The van der Waals surface area contributed by atoms with Crippen molar-refractivity contribution in [1.82, 2.24) is 4.98 Å². The lowest BCUT2D eigenvalue weighted by Gasteiger charge is -2.04. The first-order valence-corrected chi connectivity index (χ1v) is 3.96. The second-order valence-electron chi connectivity index (χ2n) is 2.52. The van der Waals surface area contributed by atoms with Crippen LogP contribution < -0.4 is 0 Å². The van der Waals surface area contributed by atoms with E-state index in [1.807, 2.05) is 12.1 Å². The van der Waals surface area contributed by atoms with Crippen LogP contribution in [0.5, 0.6) is 0 Å². The molecule has 0 aliphatic rings. The van der Waals surface area contributed by atoms with E-state index in [0.717, 1.165) is 10.6 Å². The van der Waals surface area contributed by atoms with Gasteiger partial charge in [-0.25, -0.2) is 0 Å². The van der Waals surface area contributed by atoms with E-state index >= 15 is 0 Å². The lowest BCUT2D eigenvalue weighted by molar-refractivity contribution is 0.193. The second-order valence-corrected chi connectivity index (χ2v) is 3.00. The second kappa shape index (κ2) is 3.74. The fraction of sp³-hybridized carbons (Fsp3) is 0.375. The highest BCUT2D eigenvalue weighted by molar-refractivity contribution is 7.80. The Hall–Kier alpha value is -0.540. The van der Waals surface area contributed by atoms with Crippen LogP contribution in [0.2, 0.25) is 0 Å².